The van der Waals surface area contributed by atoms with Gasteiger partial charge < -0.3 is 5.32 Å². The van der Waals surface area contributed by atoms with Gasteiger partial charge in [0.1, 0.15) is 0 Å². The third kappa shape index (κ3) is 5.06. The Labute approximate surface area is 149 Å². The molecular formula is C19H24N2O3S. The highest BCUT2D eigenvalue weighted by Gasteiger charge is 2.16. The molecular weight excluding hydrogens is 336 g/mol. The average Bonchev–Trinajstić information content (AvgIpc) is 2.54. The molecule has 0 saturated heterocycles. The van der Waals surface area contributed by atoms with Gasteiger partial charge in [0.05, 0.1) is 4.90 Å². The molecule has 2 aromatic rings. The van der Waals surface area contributed by atoms with Gasteiger partial charge in [0, 0.05) is 17.3 Å². The Balaban J connectivity index is 2.18. The highest BCUT2D eigenvalue weighted by atomic mass is 32.2. The fourth-order valence-electron chi connectivity index (χ4n) is 2.11. The van der Waals surface area contributed by atoms with Crippen LogP contribution in [-0.4, -0.2) is 20.4 Å². The third-order valence-electron chi connectivity index (χ3n) is 4.07. The summed E-state index contributed by atoms with van der Waals surface area (Å²) in [6.45, 7) is 7.88. The zero-order valence-electron chi connectivity index (χ0n) is 14.9. The minimum atomic E-state index is -3.69. The molecule has 0 aliphatic heterocycles. The lowest BCUT2D eigenvalue weighted by atomic mass is 10.1. The Bertz CT molecular complexity index is 843. The molecule has 0 unspecified atom stereocenters. The molecule has 0 aliphatic rings. The number of hydrogen-bond acceptors (Lipinski definition) is 3. The molecule has 1 atom stereocenters. The van der Waals surface area contributed by atoms with Crippen molar-refractivity contribution in [3.8, 4) is 0 Å². The van der Waals surface area contributed by atoms with Crippen LogP contribution in [0.1, 0.15) is 36.7 Å². The standard InChI is InChI=1S/C19H24N2O3S/c1-13(2)15(4)20-19(22)16-6-5-7-17(12-16)21-25(23,24)18-10-8-14(3)9-11-18/h5-13,15,21H,1-4H3,(H,20,22)/t15-/m0/s1. The number of benzene rings is 2. The van der Waals surface area contributed by atoms with Crippen molar-refractivity contribution in [2.45, 2.75) is 38.6 Å². The molecule has 0 aromatic heterocycles. The zero-order chi connectivity index (χ0) is 18.6. The van der Waals surface area contributed by atoms with Crippen LogP contribution in [0.2, 0.25) is 0 Å². The second-order valence-corrected chi connectivity index (χ2v) is 8.19. The van der Waals surface area contributed by atoms with Crippen molar-refractivity contribution >= 4 is 21.6 Å². The van der Waals surface area contributed by atoms with E-state index in [1.54, 1.807) is 42.5 Å². The molecule has 0 spiro atoms. The Morgan fingerprint density at radius 3 is 2.24 bits per heavy atom. The van der Waals surface area contributed by atoms with E-state index in [-0.39, 0.29) is 16.8 Å². The van der Waals surface area contributed by atoms with Crippen LogP contribution in [0.25, 0.3) is 0 Å². The van der Waals surface area contributed by atoms with E-state index in [0.717, 1.165) is 5.56 Å². The Morgan fingerprint density at radius 1 is 1.00 bits per heavy atom. The first-order chi connectivity index (χ1) is 11.7. The number of sulfonamides is 1. The lowest BCUT2D eigenvalue weighted by Crippen LogP contribution is -2.36. The second kappa shape index (κ2) is 7.70. The predicted octanol–water partition coefficient (Wildman–Crippen LogP) is 3.57. The van der Waals surface area contributed by atoms with Crippen molar-refractivity contribution in [1.29, 1.82) is 0 Å². The summed E-state index contributed by atoms with van der Waals surface area (Å²) in [4.78, 5) is 12.5. The first-order valence-corrected chi connectivity index (χ1v) is 9.68. The van der Waals surface area contributed by atoms with E-state index in [0.29, 0.717) is 17.2 Å². The lowest BCUT2D eigenvalue weighted by molar-refractivity contribution is 0.0930. The van der Waals surface area contributed by atoms with Gasteiger partial charge in [-0.15, -0.1) is 0 Å². The van der Waals surface area contributed by atoms with E-state index in [1.807, 2.05) is 27.7 Å². The van der Waals surface area contributed by atoms with E-state index < -0.39 is 10.0 Å². The average molecular weight is 360 g/mol. The third-order valence-corrected chi connectivity index (χ3v) is 5.46. The Kier molecular flexibility index (Phi) is 5.85. The van der Waals surface area contributed by atoms with Gasteiger partial charge in [0.15, 0.2) is 0 Å². The van der Waals surface area contributed by atoms with E-state index in [1.165, 1.54) is 6.07 Å². The van der Waals surface area contributed by atoms with Crippen LogP contribution in [-0.2, 0) is 10.0 Å². The summed E-state index contributed by atoms with van der Waals surface area (Å²) in [5.41, 5.74) is 1.75. The molecule has 2 N–H and O–H groups in total. The highest BCUT2D eigenvalue weighted by Crippen LogP contribution is 2.18. The number of carbonyl (C=O) groups excluding carboxylic acids is 1. The largest absolute Gasteiger partial charge is 0.349 e. The van der Waals surface area contributed by atoms with Gasteiger partial charge >= 0.3 is 0 Å². The Hall–Kier alpha value is -2.34. The predicted molar refractivity (Wildman–Crippen MR) is 100 cm³/mol. The first kappa shape index (κ1) is 19.0. The molecule has 2 aromatic carbocycles. The van der Waals surface area contributed by atoms with Crippen LogP contribution in [0.5, 0.6) is 0 Å². The molecule has 25 heavy (non-hydrogen) atoms. The SMILES string of the molecule is Cc1ccc(S(=O)(=O)Nc2cccc(C(=O)N[C@@H](C)C(C)C)c2)cc1. The van der Waals surface area contributed by atoms with Crippen LogP contribution >= 0.6 is 0 Å². The molecule has 0 fully saturated rings. The molecule has 0 aliphatic carbocycles. The number of rotatable bonds is 6. The van der Waals surface area contributed by atoms with Crippen molar-refractivity contribution in [3.05, 3.63) is 59.7 Å². The van der Waals surface area contributed by atoms with Gasteiger partial charge in [-0.25, -0.2) is 8.42 Å². The number of anilines is 1. The van der Waals surface area contributed by atoms with Gasteiger partial charge in [-0.05, 0) is 50.1 Å². The van der Waals surface area contributed by atoms with E-state index in [9.17, 15) is 13.2 Å². The van der Waals surface area contributed by atoms with E-state index in [2.05, 4.69) is 10.0 Å². The summed E-state index contributed by atoms with van der Waals surface area (Å²) in [6.07, 6.45) is 0. The van der Waals surface area contributed by atoms with Gasteiger partial charge in [-0.2, -0.15) is 0 Å². The van der Waals surface area contributed by atoms with Crippen molar-refractivity contribution in [2.24, 2.45) is 5.92 Å². The summed E-state index contributed by atoms with van der Waals surface area (Å²) in [5, 5.41) is 2.91. The van der Waals surface area contributed by atoms with Gasteiger partial charge in [-0.3, -0.25) is 9.52 Å². The van der Waals surface area contributed by atoms with E-state index >= 15 is 0 Å². The summed E-state index contributed by atoms with van der Waals surface area (Å²) in [7, 11) is -3.69. The van der Waals surface area contributed by atoms with Crippen molar-refractivity contribution in [3.63, 3.8) is 0 Å². The molecule has 0 saturated carbocycles. The van der Waals surface area contributed by atoms with Gasteiger partial charge in [0.25, 0.3) is 15.9 Å². The molecule has 5 nitrogen and oxygen atoms in total. The zero-order valence-corrected chi connectivity index (χ0v) is 15.7. The number of amides is 1. The van der Waals surface area contributed by atoms with Crippen molar-refractivity contribution in [1.82, 2.24) is 5.32 Å². The molecule has 6 heteroatoms. The summed E-state index contributed by atoms with van der Waals surface area (Å²) >= 11 is 0. The Morgan fingerprint density at radius 2 is 1.64 bits per heavy atom. The maximum absolute atomic E-state index is 12.4. The van der Waals surface area contributed by atoms with Crippen molar-refractivity contribution in [2.75, 3.05) is 4.72 Å². The first-order valence-electron chi connectivity index (χ1n) is 8.19. The second-order valence-electron chi connectivity index (χ2n) is 6.51. The van der Waals surface area contributed by atoms with Crippen LogP contribution in [0.3, 0.4) is 0 Å². The van der Waals surface area contributed by atoms with Crippen molar-refractivity contribution < 1.29 is 13.2 Å². The summed E-state index contributed by atoms with van der Waals surface area (Å²) < 4.78 is 27.4. The molecule has 2 rings (SSSR count). The summed E-state index contributed by atoms with van der Waals surface area (Å²) in [6, 6.07) is 13.1. The minimum absolute atomic E-state index is 0.0282. The fourth-order valence-corrected chi connectivity index (χ4v) is 3.16. The van der Waals surface area contributed by atoms with Gasteiger partial charge in [-0.1, -0.05) is 37.6 Å². The molecule has 0 bridgehead atoms. The fraction of sp³-hybridized carbons (Fsp3) is 0.316. The normalized spacial score (nSPS) is 12.7. The number of carbonyl (C=O) groups is 1. The lowest BCUT2D eigenvalue weighted by Gasteiger charge is -2.17. The summed E-state index contributed by atoms with van der Waals surface area (Å²) in [5.74, 6) is 0.0877. The topological polar surface area (TPSA) is 75.3 Å². The van der Waals surface area contributed by atoms with Crippen LogP contribution in [0.15, 0.2) is 53.4 Å². The molecule has 1 amide bonds. The van der Waals surface area contributed by atoms with Crippen LogP contribution < -0.4 is 10.0 Å². The molecule has 134 valence electrons. The van der Waals surface area contributed by atoms with Crippen LogP contribution in [0.4, 0.5) is 5.69 Å². The quantitative estimate of drug-likeness (QED) is 0.827. The van der Waals surface area contributed by atoms with E-state index in [4.69, 9.17) is 0 Å². The van der Waals surface area contributed by atoms with Gasteiger partial charge in [0.2, 0.25) is 0 Å². The smallest absolute Gasteiger partial charge is 0.261 e. The highest BCUT2D eigenvalue weighted by molar-refractivity contribution is 7.92. The number of aryl methyl sites for hydroxylation is 1. The maximum atomic E-state index is 12.4. The minimum Gasteiger partial charge on any atom is -0.349 e. The maximum Gasteiger partial charge on any atom is 0.261 e. The number of nitrogens with one attached hydrogen (secondary N) is 2. The molecule has 0 radical (unpaired) electrons. The monoisotopic (exact) mass is 360 g/mol. The van der Waals surface area contributed by atoms with Crippen LogP contribution in [0, 0.1) is 12.8 Å². The number of hydrogen-bond donors (Lipinski definition) is 2. The molecule has 0 heterocycles.